The Bertz CT molecular complexity index is 384. The summed E-state index contributed by atoms with van der Waals surface area (Å²) in [6.45, 7) is 8.50. The average molecular weight is 332 g/mol. The molecule has 0 aliphatic heterocycles. The Morgan fingerprint density at radius 2 is 2.05 bits per heavy atom. The molecular formula is C15H23BrFNO. The van der Waals surface area contributed by atoms with Crippen LogP contribution in [0.1, 0.15) is 33.6 Å². The van der Waals surface area contributed by atoms with Gasteiger partial charge in [-0.2, -0.15) is 0 Å². The number of hydrogen-bond acceptors (Lipinski definition) is 2. The summed E-state index contributed by atoms with van der Waals surface area (Å²) in [6.07, 6.45) is 2.18. The molecule has 0 fully saturated rings. The monoisotopic (exact) mass is 331 g/mol. The lowest BCUT2D eigenvalue weighted by atomic mass is 10.2. The minimum Gasteiger partial charge on any atom is -0.490 e. The zero-order chi connectivity index (χ0) is 14.3. The fraction of sp³-hybridized carbons (Fsp3) is 0.600. The standard InChI is InChI=1S/C15H23BrFNO/c1-11(2)10-18-8-4-5-12(3)19-15-7-6-13(17)9-14(15)16/h6-7,9,11-12,18H,4-5,8,10H2,1-3H3. The molecule has 0 spiro atoms. The molecule has 4 heteroatoms. The van der Waals surface area contributed by atoms with E-state index in [1.807, 2.05) is 6.92 Å². The lowest BCUT2D eigenvalue weighted by Crippen LogP contribution is -2.22. The molecule has 1 N–H and O–H groups in total. The van der Waals surface area contributed by atoms with Gasteiger partial charge in [0.1, 0.15) is 11.6 Å². The highest BCUT2D eigenvalue weighted by Gasteiger charge is 2.08. The van der Waals surface area contributed by atoms with Crippen LogP contribution in [0, 0.1) is 11.7 Å². The van der Waals surface area contributed by atoms with Gasteiger partial charge >= 0.3 is 0 Å². The van der Waals surface area contributed by atoms with Crippen molar-refractivity contribution in [2.75, 3.05) is 13.1 Å². The van der Waals surface area contributed by atoms with E-state index in [0.29, 0.717) is 16.1 Å². The third-order valence-corrected chi connectivity index (χ3v) is 3.36. The molecule has 0 aromatic heterocycles. The van der Waals surface area contributed by atoms with Crippen molar-refractivity contribution in [3.63, 3.8) is 0 Å². The van der Waals surface area contributed by atoms with Gasteiger partial charge in [-0.3, -0.25) is 0 Å². The maximum atomic E-state index is 12.9. The van der Waals surface area contributed by atoms with Gasteiger partial charge in [-0.1, -0.05) is 13.8 Å². The Morgan fingerprint density at radius 1 is 1.32 bits per heavy atom. The molecule has 1 atom stereocenters. The lowest BCUT2D eigenvalue weighted by molar-refractivity contribution is 0.205. The Kier molecular flexibility index (Phi) is 7.39. The highest BCUT2D eigenvalue weighted by molar-refractivity contribution is 9.10. The molecule has 1 aromatic carbocycles. The van der Waals surface area contributed by atoms with Crippen molar-refractivity contribution in [3.8, 4) is 5.75 Å². The zero-order valence-electron chi connectivity index (χ0n) is 11.9. The molecule has 0 saturated carbocycles. The second-order valence-corrected chi connectivity index (χ2v) is 6.10. The van der Waals surface area contributed by atoms with Crippen LogP contribution in [0.2, 0.25) is 0 Å². The molecule has 0 bridgehead atoms. The van der Waals surface area contributed by atoms with E-state index < -0.39 is 0 Å². The van der Waals surface area contributed by atoms with E-state index in [1.54, 1.807) is 6.07 Å². The van der Waals surface area contributed by atoms with Crippen LogP contribution >= 0.6 is 15.9 Å². The van der Waals surface area contributed by atoms with Crippen molar-refractivity contribution in [3.05, 3.63) is 28.5 Å². The topological polar surface area (TPSA) is 21.3 Å². The SMILES string of the molecule is CC(C)CNCCCC(C)Oc1ccc(F)cc1Br. The molecule has 0 aliphatic rings. The number of nitrogens with one attached hydrogen (secondary N) is 1. The summed E-state index contributed by atoms with van der Waals surface area (Å²) >= 11 is 3.31. The number of ether oxygens (including phenoxy) is 1. The lowest BCUT2D eigenvalue weighted by Gasteiger charge is -2.16. The van der Waals surface area contributed by atoms with Crippen molar-refractivity contribution >= 4 is 15.9 Å². The Balaban J connectivity index is 2.25. The smallest absolute Gasteiger partial charge is 0.134 e. The van der Waals surface area contributed by atoms with E-state index in [4.69, 9.17) is 4.74 Å². The van der Waals surface area contributed by atoms with E-state index in [1.165, 1.54) is 12.1 Å². The number of hydrogen-bond donors (Lipinski definition) is 1. The van der Waals surface area contributed by atoms with E-state index in [9.17, 15) is 4.39 Å². The summed E-state index contributed by atoms with van der Waals surface area (Å²) < 4.78 is 19.4. The van der Waals surface area contributed by atoms with Crippen LogP contribution < -0.4 is 10.1 Å². The van der Waals surface area contributed by atoms with Crippen molar-refractivity contribution in [1.29, 1.82) is 0 Å². The predicted octanol–water partition coefficient (Wildman–Crippen LogP) is 4.38. The third-order valence-electron chi connectivity index (χ3n) is 2.74. The van der Waals surface area contributed by atoms with Crippen LogP contribution in [0.25, 0.3) is 0 Å². The van der Waals surface area contributed by atoms with Gasteiger partial charge in [0.15, 0.2) is 0 Å². The molecule has 2 nitrogen and oxygen atoms in total. The highest BCUT2D eigenvalue weighted by atomic mass is 79.9. The quantitative estimate of drug-likeness (QED) is 0.713. The first-order valence-electron chi connectivity index (χ1n) is 6.81. The van der Waals surface area contributed by atoms with Crippen LogP contribution in [0.4, 0.5) is 4.39 Å². The van der Waals surface area contributed by atoms with Crippen LogP contribution in [0.3, 0.4) is 0 Å². The fourth-order valence-corrected chi connectivity index (χ4v) is 2.20. The molecule has 0 radical (unpaired) electrons. The molecule has 1 aromatic rings. The first kappa shape index (κ1) is 16.4. The first-order chi connectivity index (χ1) is 8.99. The number of benzene rings is 1. The van der Waals surface area contributed by atoms with Crippen molar-refractivity contribution in [2.24, 2.45) is 5.92 Å². The maximum Gasteiger partial charge on any atom is 0.134 e. The highest BCUT2D eigenvalue weighted by Crippen LogP contribution is 2.26. The predicted molar refractivity (Wildman–Crippen MR) is 81.1 cm³/mol. The van der Waals surface area contributed by atoms with Crippen molar-refractivity contribution in [2.45, 2.75) is 39.7 Å². The molecule has 0 amide bonds. The molecule has 19 heavy (non-hydrogen) atoms. The van der Waals surface area contributed by atoms with Crippen LogP contribution in [0.5, 0.6) is 5.75 Å². The zero-order valence-corrected chi connectivity index (χ0v) is 13.5. The summed E-state index contributed by atoms with van der Waals surface area (Å²) in [6, 6.07) is 4.50. The van der Waals surface area contributed by atoms with E-state index in [2.05, 4.69) is 35.1 Å². The molecule has 0 saturated heterocycles. The van der Waals surface area contributed by atoms with Gasteiger partial charge in [-0.25, -0.2) is 4.39 Å². The van der Waals surface area contributed by atoms with E-state index in [0.717, 1.165) is 25.9 Å². The van der Waals surface area contributed by atoms with Gasteiger partial charge < -0.3 is 10.1 Å². The second-order valence-electron chi connectivity index (χ2n) is 5.24. The van der Waals surface area contributed by atoms with Gasteiger partial charge in [0.05, 0.1) is 10.6 Å². The maximum absolute atomic E-state index is 12.9. The molecular weight excluding hydrogens is 309 g/mol. The summed E-state index contributed by atoms with van der Waals surface area (Å²) in [7, 11) is 0. The minimum absolute atomic E-state index is 0.127. The van der Waals surface area contributed by atoms with Gasteiger partial charge in [-0.05, 0) is 72.9 Å². The molecule has 1 rings (SSSR count). The van der Waals surface area contributed by atoms with Gasteiger partial charge in [0.25, 0.3) is 0 Å². The van der Waals surface area contributed by atoms with Crippen LogP contribution in [-0.4, -0.2) is 19.2 Å². The summed E-state index contributed by atoms with van der Waals surface area (Å²) in [5.41, 5.74) is 0. The molecule has 0 aliphatic carbocycles. The summed E-state index contributed by atoms with van der Waals surface area (Å²) in [4.78, 5) is 0. The summed E-state index contributed by atoms with van der Waals surface area (Å²) in [5.74, 6) is 1.12. The van der Waals surface area contributed by atoms with Gasteiger partial charge in [0, 0.05) is 0 Å². The van der Waals surface area contributed by atoms with E-state index in [-0.39, 0.29) is 11.9 Å². The first-order valence-corrected chi connectivity index (χ1v) is 7.60. The Hall–Kier alpha value is -0.610. The summed E-state index contributed by atoms with van der Waals surface area (Å²) in [5, 5.41) is 3.41. The second kappa shape index (κ2) is 8.54. The number of rotatable bonds is 8. The van der Waals surface area contributed by atoms with E-state index >= 15 is 0 Å². The molecule has 0 heterocycles. The molecule has 108 valence electrons. The van der Waals surface area contributed by atoms with Crippen molar-refractivity contribution < 1.29 is 9.13 Å². The minimum atomic E-state index is -0.259. The number of halogens is 2. The normalized spacial score (nSPS) is 12.7. The largest absolute Gasteiger partial charge is 0.490 e. The average Bonchev–Trinajstić information content (AvgIpc) is 2.32. The third kappa shape index (κ3) is 6.92. The Labute approximate surface area is 123 Å². The fourth-order valence-electron chi connectivity index (χ4n) is 1.75. The van der Waals surface area contributed by atoms with Gasteiger partial charge in [0.2, 0.25) is 0 Å². The molecule has 1 unspecified atom stereocenters. The van der Waals surface area contributed by atoms with Gasteiger partial charge in [-0.15, -0.1) is 0 Å². The Morgan fingerprint density at radius 3 is 2.68 bits per heavy atom. The van der Waals surface area contributed by atoms with Crippen LogP contribution in [0.15, 0.2) is 22.7 Å². The van der Waals surface area contributed by atoms with Crippen LogP contribution in [-0.2, 0) is 0 Å². The van der Waals surface area contributed by atoms with Crippen molar-refractivity contribution in [1.82, 2.24) is 5.32 Å².